The molecule has 0 N–H and O–H groups in total. The zero-order valence-electron chi connectivity index (χ0n) is 28.1. The first-order chi connectivity index (χ1) is 19.8. The van der Waals surface area contributed by atoms with Crippen molar-refractivity contribution in [3.8, 4) is 0 Å². The third-order valence-electron chi connectivity index (χ3n) is 8.96. The lowest BCUT2D eigenvalue weighted by atomic mass is 10.0. The van der Waals surface area contributed by atoms with Crippen molar-refractivity contribution >= 4 is 33.0 Å². The molecule has 2 nitrogen and oxygen atoms in total. The van der Waals surface area contributed by atoms with Gasteiger partial charge in [-0.15, -0.1) is 23.2 Å². The lowest BCUT2D eigenvalue weighted by Crippen LogP contribution is -2.33. The summed E-state index contributed by atoms with van der Waals surface area (Å²) in [6.07, 6.45) is 33.0. The summed E-state index contributed by atoms with van der Waals surface area (Å²) in [5.41, 5.74) is 0. The number of hydrogen-bond acceptors (Lipinski definition) is 2. The van der Waals surface area contributed by atoms with Crippen LogP contribution >= 0.6 is 23.2 Å². The second-order valence-corrected chi connectivity index (χ2v) is 17.2. The SMILES string of the molecule is CCCCCCCCCCCCCC(CCC(C)Cl)S(=O)(=O)C(CCCCCCCCCCCCC)CCC(C)Cl. The molecule has 0 spiro atoms. The van der Waals surface area contributed by atoms with E-state index in [1.165, 1.54) is 116 Å². The Morgan fingerprint density at radius 2 is 0.634 bits per heavy atom. The Labute approximate surface area is 269 Å². The predicted octanol–water partition coefficient (Wildman–Crippen LogP) is 13.4. The Kier molecular flexibility index (Phi) is 29.6. The molecule has 0 aliphatic heterocycles. The van der Waals surface area contributed by atoms with Gasteiger partial charge in [-0.25, -0.2) is 8.42 Å². The van der Waals surface area contributed by atoms with Gasteiger partial charge in [-0.1, -0.05) is 155 Å². The number of halogens is 2. The van der Waals surface area contributed by atoms with Crippen molar-refractivity contribution in [1.82, 2.24) is 0 Å². The van der Waals surface area contributed by atoms with Gasteiger partial charge in [0, 0.05) is 10.8 Å². The van der Waals surface area contributed by atoms with Gasteiger partial charge in [0.2, 0.25) is 0 Å². The molecule has 5 heteroatoms. The largest absolute Gasteiger partial charge is 0.228 e. The average Bonchev–Trinajstić information content (AvgIpc) is 2.92. The molecule has 0 saturated carbocycles. The predicted molar refractivity (Wildman–Crippen MR) is 188 cm³/mol. The fraction of sp³-hybridized carbons (Fsp3) is 1.00. The summed E-state index contributed by atoms with van der Waals surface area (Å²) in [4.78, 5) is 0. The summed E-state index contributed by atoms with van der Waals surface area (Å²) in [5, 5.41) is -0.438. The van der Waals surface area contributed by atoms with Crippen molar-refractivity contribution in [3.63, 3.8) is 0 Å². The van der Waals surface area contributed by atoms with Gasteiger partial charge in [-0.3, -0.25) is 0 Å². The van der Waals surface area contributed by atoms with Crippen molar-refractivity contribution in [2.24, 2.45) is 0 Å². The molecule has 248 valence electrons. The van der Waals surface area contributed by atoms with E-state index < -0.39 is 9.84 Å². The number of hydrogen-bond donors (Lipinski definition) is 0. The molecule has 4 unspecified atom stereocenters. The maximum Gasteiger partial charge on any atom is 0.156 e. The van der Waals surface area contributed by atoms with Gasteiger partial charge >= 0.3 is 0 Å². The normalized spacial score (nSPS) is 15.2. The first-order valence-corrected chi connectivity index (χ1v) is 20.7. The van der Waals surface area contributed by atoms with Gasteiger partial charge in [0.1, 0.15) is 0 Å². The van der Waals surface area contributed by atoms with Crippen LogP contribution in [0.2, 0.25) is 0 Å². The van der Waals surface area contributed by atoms with Gasteiger partial charge in [0.15, 0.2) is 9.84 Å². The molecule has 4 atom stereocenters. The maximum atomic E-state index is 14.0. The van der Waals surface area contributed by atoms with Crippen LogP contribution in [-0.4, -0.2) is 29.7 Å². The highest BCUT2D eigenvalue weighted by molar-refractivity contribution is 7.92. The highest BCUT2D eigenvalue weighted by Crippen LogP contribution is 2.29. The zero-order chi connectivity index (χ0) is 30.6. The molecular weight excluding hydrogens is 567 g/mol. The topological polar surface area (TPSA) is 34.1 Å². The summed E-state index contributed by atoms with van der Waals surface area (Å²) >= 11 is 12.6. The van der Waals surface area contributed by atoms with E-state index in [1.807, 2.05) is 13.8 Å². The van der Waals surface area contributed by atoms with Gasteiger partial charge < -0.3 is 0 Å². The maximum absolute atomic E-state index is 14.0. The van der Waals surface area contributed by atoms with Crippen molar-refractivity contribution < 1.29 is 8.42 Å². The Morgan fingerprint density at radius 1 is 0.390 bits per heavy atom. The molecule has 0 aliphatic carbocycles. The van der Waals surface area contributed by atoms with Gasteiger partial charge in [0.25, 0.3) is 0 Å². The molecule has 0 aromatic carbocycles. The summed E-state index contributed by atoms with van der Waals surface area (Å²) in [7, 11) is -3.20. The number of unbranched alkanes of at least 4 members (excludes halogenated alkanes) is 20. The van der Waals surface area contributed by atoms with Crippen LogP contribution < -0.4 is 0 Å². The summed E-state index contributed by atoms with van der Waals surface area (Å²) in [6, 6.07) is 0. The first kappa shape index (κ1) is 41.5. The Balaban J connectivity index is 4.65. The molecule has 0 heterocycles. The van der Waals surface area contributed by atoms with Crippen LogP contribution in [0.25, 0.3) is 0 Å². The molecule has 0 rings (SSSR count). The molecule has 0 aromatic heterocycles. The Morgan fingerprint density at radius 3 is 0.878 bits per heavy atom. The van der Waals surface area contributed by atoms with E-state index in [1.54, 1.807) is 0 Å². The van der Waals surface area contributed by atoms with E-state index in [2.05, 4.69) is 13.8 Å². The number of rotatable bonds is 32. The highest BCUT2D eigenvalue weighted by atomic mass is 35.5. The van der Waals surface area contributed by atoms with Crippen molar-refractivity contribution in [2.45, 2.75) is 229 Å². The number of sulfone groups is 1. The van der Waals surface area contributed by atoms with Crippen molar-refractivity contribution in [3.05, 3.63) is 0 Å². The van der Waals surface area contributed by atoms with Gasteiger partial charge in [0.05, 0.1) is 10.5 Å². The lowest BCUT2D eigenvalue weighted by Gasteiger charge is -2.26. The summed E-state index contributed by atoms with van der Waals surface area (Å²) in [5.74, 6) is 0. The lowest BCUT2D eigenvalue weighted by molar-refractivity contribution is 0.490. The van der Waals surface area contributed by atoms with E-state index >= 15 is 0 Å². The standard InChI is InChI=1S/C36H72Cl2O2S/c1-5-7-9-11-13-15-17-19-21-23-25-27-35(31-29-33(3)37)41(39,40)36(32-30-34(4)38)28-26-24-22-20-18-16-14-12-10-8-6-2/h33-36H,5-32H2,1-4H3. The third-order valence-corrected chi connectivity index (χ3v) is 12.2. The average molecular weight is 640 g/mol. The van der Waals surface area contributed by atoms with Crippen LogP contribution in [0.5, 0.6) is 0 Å². The quantitative estimate of drug-likeness (QED) is 0.0542. The molecule has 0 aromatic rings. The van der Waals surface area contributed by atoms with Crippen molar-refractivity contribution in [2.75, 3.05) is 0 Å². The smallest absolute Gasteiger partial charge is 0.156 e. The molecule has 0 fully saturated rings. The molecule has 0 bridgehead atoms. The molecule has 0 aliphatic rings. The molecule has 0 saturated heterocycles. The van der Waals surface area contributed by atoms with E-state index in [0.29, 0.717) is 12.8 Å². The Bertz CT molecular complexity index is 587. The zero-order valence-corrected chi connectivity index (χ0v) is 30.4. The van der Waals surface area contributed by atoms with Crippen LogP contribution in [0.15, 0.2) is 0 Å². The summed E-state index contributed by atoms with van der Waals surface area (Å²) in [6.45, 7) is 8.52. The minimum absolute atomic E-state index is 0.0259. The monoisotopic (exact) mass is 638 g/mol. The van der Waals surface area contributed by atoms with Crippen LogP contribution in [0, 0.1) is 0 Å². The van der Waals surface area contributed by atoms with Crippen molar-refractivity contribution in [1.29, 1.82) is 0 Å². The highest BCUT2D eigenvalue weighted by Gasteiger charge is 2.33. The third kappa shape index (κ3) is 25.5. The van der Waals surface area contributed by atoms with Gasteiger partial charge in [-0.2, -0.15) is 0 Å². The van der Waals surface area contributed by atoms with Crippen LogP contribution in [0.4, 0.5) is 0 Å². The van der Waals surface area contributed by atoms with Crippen LogP contribution in [0.1, 0.15) is 207 Å². The second-order valence-electron chi connectivity index (χ2n) is 13.2. The Hall–Kier alpha value is 0.530. The van der Waals surface area contributed by atoms with E-state index in [9.17, 15) is 8.42 Å². The number of alkyl halides is 2. The summed E-state index contributed by atoms with van der Waals surface area (Å²) < 4.78 is 28.0. The second kappa shape index (κ2) is 29.3. The van der Waals surface area contributed by atoms with Gasteiger partial charge in [-0.05, 0) is 52.4 Å². The minimum atomic E-state index is -3.20. The molecule has 0 amide bonds. The van der Waals surface area contributed by atoms with E-state index in [0.717, 1.165) is 51.4 Å². The van der Waals surface area contributed by atoms with E-state index in [-0.39, 0.29) is 21.3 Å². The van der Waals surface area contributed by atoms with Crippen LogP contribution in [0.3, 0.4) is 0 Å². The fourth-order valence-corrected chi connectivity index (χ4v) is 8.84. The molecule has 41 heavy (non-hydrogen) atoms. The van der Waals surface area contributed by atoms with Crippen LogP contribution in [-0.2, 0) is 9.84 Å². The first-order valence-electron chi connectivity index (χ1n) is 18.3. The fourth-order valence-electron chi connectivity index (χ4n) is 6.12. The molecule has 0 radical (unpaired) electrons. The molecular formula is C36H72Cl2O2S. The van der Waals surface area contributed by atoms with E-state index in [4.69, 9.17) is 23.2 Å². The minimum Gasteiger partial charge on any atom is -0.228 e.